The summed E-state index contributed by atoms with van der Waals surface area (Å²) >= 11 is 0. The van der Waals surface area contributed by atoms with Gasteiger partial charge in [0.15, 0.2) is 0 Å². The minimum atomic E-state index is -0.854. The van der Waals surface area contributed by atoms with Crippen LogP contribution in [0, 0.1) is 5.92 Å². The van der Waals surface area contributed by atoms with E-state index in [1.807, 2.05) is 0 Å². The van der Waals surface area contributed by atoms with Crippen molar-refractivity contribution < 1.29 is 28.6 Å². The molecule has 1 fully saturated rings. The van der Waals surface area contributed by atoms with Gasteiger partial charge in [0.1, 0.15) is 17.2 Å². The first-order valence-electron chi connectivity index (χ1n) is 7.64. The fourth-order valence-electron chi connectivity index (χ4n) is 2.29. The number of methoxy groups -OCH3 is 1. The minimum absolute atomic E-state index is 0.0749. The highest BCUT2D eigenvalue weighted by atomic mass is 16.6. The van der Waals surface area contributed by atoms with Crippen LogP contribution in [0.2, 0.25) is 0 Å². The lowest BCUT2D eigenvalue weighted by Crippen LogP contribution is -2.45. The number of esters is 2. The molecule has 7 nitrogen and oxygen atoms in total. The van der Waals surface area contributed by atoms with E-state index in [0.29, 0.717) is 0 Å². The van der Waals surface area contributed by atoms with Gasteiger partial charge >= 0.3 is 18.0 Å². The maximum absolute atomic E-state index is 12.4. The molecule has 0 aromatic heterocycles. The van der Waals surface area contributed by atoms with E-state index in [1.165, 1.54) is 12.0 Å². The molecule has 1 rings (SSSR count). The summed E-state index contributed by atoms with van der Waals surface area (Å²) < 4.78 is 15.4. The molecule has 0 spiro atoms. The average Bonchev–Trinajstić information content (AvgIpc) is 2.78. The molecular weight excluding hydrogens is 302 g/mol. The molecule has 1 aliphatic rings. The van der Waals surface area contributed by atoms with Gasteiger partial charge in [0.2, 0.25) is 0 Å². The zero-order chi connectivity index (χ0) is 18.0. The molecule has 1 aliphatic heterocycles. The summed E-state index contributed by atoms with van der Waals surface area (Å²) in [5.74, 6) is -1.57. The monoisotopic (exact) mass is 329 g/mol. The molecule has 1 heterocycles. The summed E-state index contributed by atoms with van der Waals surface area (Å²) in [7, 11) is 1.28. The number of ether oxygens (including phenoxy) is 3. The van der Waals surface area contributed by atoms with Crippen LogP contribution in [0.15, 0.2) is 0 Å². The number of amides is 1. The SMILES string of the molecule is COC(=O)[C@H]1C[C@@H](C(=O)OC(C)(C)C)N(C(=O)OC(C)(C)C)C1. The Morgan fingerprint density at radius 3 is 1.87 bits per heavy atom. The predicted octanol–water partition coefficient (Wildman–Crippen LogP) is 2.13. The maximum atomic E-state index is 12.4. The highest BCUT2D eigenvalue weighted by molar-refractivity contribution is 5.85. The fourth-order valence-corrected chi connectivity index (χ4v) is 2.29. The van der Waals surface area contributed by atoms with E-state index in [4.69, 9.17) is 14.2 Å². The van der Waals surface area contributed by atoms with E-state index >= 15 is 0 Å². The second-order valence-electron chi connectivity index (χ2n) is 7.64. The Balaban J connectivity index is 2.95. The Labute approximate surface area is 137 Å². The van der Waals surface area contributed by atoms with Crippen molar-refractivity contribution in [3.63, 3.8) is 0 Å². The lowest BCUT2D eigenvalue weighted by atomic mass is 10.1. The molecule has 0 radical (unpaired) electrons. The maximum Gasteiger partial charge on any atom is 0.411 e. The molecule has 0 N–H and O–H groups in total. The predicted molar refractivity (Wildman–Crippen MR) is 82.7 cm³/mol. The molecule has 0 unspecified atom stereocenters. The molecule has 1 saturated heterocycles. The van der Waals surface area contributed by atoms with Crippen molar-refractivity contribution in [2.45, 2.75) is 65.2 Å². The van der Waals surface area contributed by atoms with E-state index in [2.05, 4.69) is 0 Å². The first-order valence-corrected chi connectivity index (χ1v) is 7.64. The van der Waals surface area contributed by atoms with Crippen molar-refractivity contribution in [2.75, 3.05) is 13.7 Å². The molecular formula is C16H27NO6. The number of hydrogen-bond donors (Lipinski definition) is 0. The average molecular weight is 329 g/mol. The lowest BCUT2D eigenvalue weighted by molar-refractivity contribution is -0.160. The molecule has 0 aromatic rings. The van der Waals surface area contributed by atoms with Crippen LogP contribution >= 0.6 is 0 Å². The number of carbonyl (C=O) groups excluding carboxylic acids is 3. The third-order valence-electron chi connectivity index (χ3n) is 3.14. The number of rotatable bonds is 2. The normalized spacial score (nSPS) is 21.8. The zero-order valence-corrected chi connectivity index (χ0v) is 15.0. The Kier molecular flexibility index (Phi) is 5.66. The number of nitrogens with zero attached hydrogens (tertiary/aromatic N) is 1. The lowest BCUT2D eigenvalue weighted by Gasteiger charge is -2.29. The van der Waals surface area contributed by atoms with Gasteiger partial charge in [-0.2, -0.15) is 0 Å². The zero-order valence-electron chi connectivity index (χ0n) is 15.0. The van der Waals surface area contributed by atoms with Crippen molar-refractivity contribution in [3.8, 4) is 0 Å². The van der Waals surface area contributed by atoms with Crippen LogP contribution in [-0.4, -0.2) is 53.8 Å². The topological polar surface area (TPSA) is 82.1 Å². The number of hydrogen-bond acceptors (Lipinski definition) is 6. The number of carbonyl (C=O) groups is 3. The van der Waals surface area contributed by atoms with E-state index in [-0.39, 0.29) is 13.0 Å². The van der Waals surface area contributed by atoms with Crippen molar-refractivity contribution in [1.29, 1.82) is 0 Å². The Hall–Kier alpha value is -1.79. The van der Waals surface area contributed by atoms with Gasteiger partial charge in [-0.25, -0.2) is 9.59 Å². The molecule has 2 atom stereocenters. The van der Waals surface area contributed by atoms with Crippen LogP contribution in [0.4, 0.5) is 4.79 Å². The van der Waals surface area contributed by atoms with E-state index in [1.54, 1.807) is 41.5 Å². The summed E-state index contributed by atoms with van der Waals surface area (Å²) in [4.78, 5) is 37.7. The molecule has 23 heavy (non-hydrogen) atoms. The minimum Gasteiger partial charge on any atom is -0.469 e. The van der Waals surface area contributed by atoms with E-state index in [0.717, 1.165) is 0 Å². The Bertz CT molecular complexity index is 438. The van der Waals surface area contributed by atoms with Gasteiger partial charge < -0.3 is 14.2 Å². The van der Waals surface area contributed by atoms with Gasteiger partial charge in [-0.05, 0) is 48.0 Å². The van der Waals surface area contributed by atoms with Gasteiger partial charge in [-0.15, -0.1) is 0 Å². The van der Waals surface area contributed by atoms with E-state index in [9.17, 15) is 14.4 Å². The molecule has 0 bridgehead atoms. The first-order chi connectivity index (χ1) is 10.3. The molecule has 0 aromatic carbocycles. The van der Waals surface area contributed by atoms with Crippen molar-refractivity contribution in [2.24, 2.45) is 5.92 Å². The molecule has 132 valence electrons. The summed E-state index contributed by atoms with van der Waals surface area (Å²) in [6, 6.07) is -0.854. The second kappa shape index (κ2) is 6.76. The second-order valence-corrected chi connectivity index (χ2v) is 7.64. The van der Waals surface area contributed by atoms with Crippen molar-refractivity contribution >= 4 is 18.0 Å². The summed E-state index contributed by atoms with van der Waals surface area (Å²) in [6.07, 6.45) is -0.472. The summed E-state index contributed by atoms with van der Waals surface area (Å²) in [5, 5.41) is 0. The molecule has 0 aliphatic carbocycles. The third kappa shape index (κ3) is 5.73. The first kappa shape index (κ1) is 19.3. The van der Waals surface area contributed by atoms with Gasteiger partial charge in [0.05, 0.1) is 13.0 Å². The molecule has 1 amide bonds. The molecule has 7 heteroatoms. The van der Waals surface area contributed by atoms with Crippen LogP contribution < -0.4 is 0 Å². The summed E-state index contributed by atoms with van der Waals surface area (Å²) in [5.41, 5.74) is -1.38. The highest BCUT2D eigenvalue weighted by Crippen LogP contribution is 2.28. The van der Waals surface area contributed by atoms with Crippen LogP contribution in [0.25, 0.3) is 0 Å². The quantitative estimate of drug-likeness (QED) is 0.570. The fraction of sp³-hybridized carbons (Fsp3) is 0.812. The van der Waals surface area contributed by atoms with Gasteiger partial charge in [0.25, 0.3) is 0 Å². The largest absolute Gasteiger partial charge is 0.469 e. The third-order valence-corrected chi connectivity index (χ3v) is 3.14. The summed E-state index contributed by atoms with van der Waals surface area (Å²) in [6.45, 7) is 10.5. The van der Waals surface area contributed by atoms with Crippen molar-refractivity contribution in [1.82, 2.24) is 4.90 Å². The Morgan fingerprint density at radius 1 is 0.913 bits per heavy atom. The van der Waals surface area contributed by atoms with Crippen LogP contribution in [0.1, 0.15) is 48.0 Å². The van der Waals surface area contributed by atoms with Crippen molar-refractivity contribution in [3.05, 3.63) is 0 Å². The van der Waals surface area contributed by atoms with Gasteiger partial charge in [0, 0.05) is 6.54 Å². The highest BCUT2D eigenvalue weighted by Gasteiger charge is 2.46. The van der Waals surface area contributed by atoms with Crippen LogP contribution in [0.3, 0.4) is 0 Å². The van der Waals surface area contributed by atoms with Gasteiger partial charge in [-0.1, -0.05) is 0 Å². The standard InChI is InChI=1S/C16H27NO6/c1-15(2,3)22-13(19)11-8-10(12(18)21-7)9-17(11)14(20)23-16(4,5)6/h10-11H,8-9H2,1-7H3/t10-,11-/m0/s1. The van der Waals surface area contributed by atoms with Crippen LogP contribution in [-0.2, 0) is 23.8 Å². The smallest absolute Gasteiger partial charge is 0.411 e. The number of likely N-dealkylation sites (tertiary alicyclic amines) is 1. The van der Waals surface area contributed by atoms with Gasteiger partial charge in [-0.3, -0.25) is 9.69 Å². The van der Waals surface area contributed by atoms with E-state index < -0.39 is 41.2 Å². The Morgan fingerprint density at radius 2 is 1.43 bits per heavy atom. The molecule has 0 saturated carbocycles. The van der Waals surface area contributed by atoms with Crippen LogP contribution in [0.5, 0.6) is 0 Å².